The van der Waals surface area contributed by atoms with Gasteiger partial charge in [-0.25, -0.2) is 4.79 Å². The van der Waals surface area contributed by atoms with E-state index >= 15 is 0 Å². The number of aromatic nitrogens is 2. The van der Waals surface area contributed by atoms with Crippen LogP contribution in [0.15, 0.2) is 12.1 Å². The molecule has 0 spiro atoms. The molecule has 0 bridgehead atoms. The molecule has 0 amide bonds. The van der Waals surface area contributed by atoms with Gasteiger partial charge in [0.05, 0.1) is 7.11 Å². The highest BCUT2D eigenvalue weighted by Crippen LogP contribution is 2.30. The average molecular weight is 277 g/mol. The molecule has 0 radical (unpaired) electrons. The zero-order valence-electron chi connectivity index (χ0n) is 12.3. The number of esters is 1. The molecule has 1 heterocycles. The van der Waals surface area contributed by atoms with Crippen molar-refractivity contribution >= 4 is 11.8 Å². The summed E-state index contributed by atoms with van der Waals surface area (Å²) in [5, 5.41) is 11.1. The third-order valence-electron chi connectivity index (χ3n) is 4.05. The molecule has 5 heteroatoms. The zero-order chi connectivity index (χ0) is 14.4. The van der Waals surface area contributed by atoms with Crippen LogP contribution in [0.5, 0.6) is 0 Å². The van der Waals surface area contributed by atoms with Crippen LogP contribution in [0.4, 0.5) is 5.82 Å². The molecule has 0 saturated heterocycles. The van der Waals surface area contributed by atoms with Crippen LogP contribution in [0.1, 0.15) is 49.5 Å². The van der Waals surface area contributed by atoms with Crippen LogP contribution < -0.4 is 5.32 Å². The van der Waals surface area contributed by atoms with E-state index in [-0.39, 0.29) is 5.69 Å². The van der Waals surface area contributed by atoms with Gasteiger partial charge in [-0.15, -0.1) is 10.2 Å². The third kappa shape index (κ3) is 4.18. The van der Waals surface area contributed by atoms with Crippen molar-refractivity contribution in [1.29, 1.82) is 0 Å². The van der Waals surface area contributed by atoms with Crippen LogP contribution in [0.3, 0.4) is 0 Å². The van der Waals surface area contributed by atoms with Gasteiger partial charge in [0, 0.05) is 6.54 Å². The summed E-state index contributed by atoms with van der Waals surface area (Å²) in [6, 6.07) is 3.39. The van der Waals surface area contributed by atoms with Crippen molar-refractivity contribution in [2.75, 3.05) is 19.0 Å². The van der Waals surface area contributed by atoms with Gasteiger partial charge < -0.3 is 10.1 Å². The minimum atomic E-state index is -0.458. The van der Waals surface area contributed by atoms with E-state index in [9.17, 15) is 4.79 Å². The fourth-order valence-corrected chi connectivity index (χ4v) is 2.66. The Morgan fingerprint density at radius 2 is 2.05 bits per heavy atom. The van der Waals surface area contributed by atoms with Crippen molar-refractivity contribution in [3.05, 3.63) is 17.8 Å². The lowest BCUT2D eigenvalue weighted by atomic mass is 9.81. The number of ether oxygens (including phenoxy) is 1. The first kappa shape index (κ1) is 14.8. The van der Waals surface area contributed by atoms with Gasteiger partial charge in [-0.3, -0.25) is 0 Å². The first-order valence-corrected chi connectivity index (χ1v) is 7.35. The van der Waals surface area contributed by atoms with Crippen molar-refractivity contribution in [1.82, 2.24) is 10.2 Å². The van der Waals surface area contributed by atoms with Crippen molar-refractivity contribution < 1.29 is 9.53 Å². The number of carbonyl (C=O) groups excluding carboxylic acids is 1. The number of anilines is 1. The van der Waals surface area contributed by atoms with Gasteiger partial charge in [0.15, 0.2) is 5.69 Å². The van der Waals surface area contributed by atoms with Crippen LogP contribution in [0.2, 0.25) is 0 Å². The van der Waals surface area contributed by atoms with E-state index < -0.39 is 5.97 Å². The number of nitrogens with zero attached hydrogens (tertiary/aromatic N) is 2. The predicted molar refractivity (Wildman–Crippen MR) is 77.6 cm³/mol. The largest absolute Gasteiger partial charge is 0.464 e. The summed E-state index contributed by atoms with van der Waals surface area (Å²) in [7, 11) is 1.33. The molecule has 0 aliphatic heterocycles. The zero-order valence-corrected chi connectivity index (χ0v) is 12.3. The summed E-state index contributed by atoms with van der Waals surface area (Å²) in [4.78, 5) is 11.2. The van der Waals surface area contributed by atoms with Gasteiger partial charge in [0.25, 0.3) is 0 Å². The summed E-state index contributed by atoms with van der Waals surface area (Å²) in [5.41, 5.74) is 0.235. The summed E-state index contributed by atoms with van der Waals surface area (Å²) >= 11 is 0. The quantitative estimate of drug-likeness (QED) is 0.838. The molecule has 20 heavy (non-hydrogen) atoms. The highest BCUT2D eigenvalue weighted by atomic mass is 16.5. The van der Waals surface area contributed by atoms with Crippen LogP contribution in [0, 0.1) is 11.8 Å². The van der Waals surface area contributed by atoms with Gasteiger partial charge >= 0.3 is 5.97 Å². The second-order valence-electron chi connectivity index (χ2n) is 5.64. The molecule has 5 nitrogen and oxygen atoms in total. The number of methoxy groups -OCH3 is 1. The fourth-order valence-electron chi connectivity index (χ4n) is 2.66. The molecule has 0 unspecified atom stereocenters. The van der Waals surface area contributed by atoms with Crippen molar-refractivity contribution in [2.45, 2.75) is 39.0 Å². The van der Waals surface area contributed by atoms with E-state index in [2.05, 4.69) is 27.2 Å². The summed E-state index contributed by atoms with van der Waals surface area (Å²) in [6.45, 7) is 3.25. The van der Waals surface area contributed by atoms with E-state index in [4.69, 9.17) is 0 Å². The third-order valence-corrected chi connectivity index (χ3v) is 4.05. The Morgan fingerprint density at radius 1 is 1.30 bits per heavy atom. The lowest BCUT2D eigenvalue weighted by Crippen LogP contribution is -2.16. The van der Waals surface area contributed by atoms with Crippen LogP contribution in [-0.2, 0) is 4.74 Å². The van der Waals surface area contributed by atoms with Crippen LogP contribution in [0.25, 0.3) is 0 Å². The SMILES string of the molecule is COC(=O)c1ccc(NCCC2CCC(C)CC2)nn1. The van der Waals surface area contributed by atoms with Crippen LogP contribution in [-0.4, -0.2) is 29.8 Å². The molecule has 2 rings (SSSR count). The monoisotopic (exact) mass is 277 g/mol. The number of hydrogen-bond donors (Lipinski definition) is 1. The Bertz CT molecular complexity index is 425. The molecule has 1 N–H and O–H groups in total. The van der Waals surface area contributed by atoms with Crippen molar-refractivity contribution in [3.8, 4) is 0 Å². The molecule has 1 saturated carbocycles. The number of rotatable bonds is 5. The van der Waals surface area contributed by atoms with Gasteiger partial charge in [-0.05, 0) is 30.4 Å². The van der Waals surface area contributed by atoms with Crippen LogP contribution >= 0.6 is 0 Å². The summed E-state index contributed by atoms with van der Waals surface area (Å²) in [5.74, 6) is 1.99. The van der Waals surface area contributed by atoms with Gasteiger partial charge in [0.1, 0.15) is 5.82 Å². The molecule has 0 atom stereocenters. The first-order valence-electron chi connectivity index (χ1n) is 7.35. The maximum atomic E-state index is 11.2. The normalized spacial score (nSPS) is 22.3. The van der Waals surface area contributed by atoms with E-state index in [1.807, 2.05) is 0 Å². The first-order chi connectivity index (χ1) is 9.69. The molecule has 1 aromatic heterocycles. The van der Waals surface area contributed by atoms with Gasteiger partial charge in [-0.1, -0.05) is 32.6 Å². The summed E-state index contributed by atoms with van der Waals surface area (Å²) in [6.07, 6.45) is 6.58. The number of hydrogen-bond acceptors (Lipinski definition) is 5. The second kappa shape index (κ2) is 7.22. The highest BCUT2D eigenvalue weighted by molar-refractivity contribution is 5.86. The summed E-state index contributed by atoms with van der Waals surface area (Å²) < 4.78 is 4.58. The molecular formula is C15H23N3O2. The number of nitrogens with one attached hydrogen (secondary N) is 1. The minimum Gasteiger partial charge on any atom is -0.464 e. The topological polar surface area (TPSA) is 64.1 Å². The van der Waals surface area contributed by atoms with E-state index in [0.29, 0.717) is 5.82 Å². The highest BCUT2D eigenvalue weighted by Gasteiger charge is 2.17. The van der Waals surface area contributed by atoms with E-state index in [0.717, 1.165) is 18.4 Å². The maximum Gasteiger partial charge on any atom is 0.358 e. The van der Waals surface area contributed by atoms with E-state index in [1.165, 1.54) is 39.2 Å². The van der Waals surface area contributed by atoms with Crippen molar-refractivity contribution in [3.63, 3.8) is 0 Å². The fraction of sp³-hybridized carbons (Fsp3) is 0.667. The van der Waals surface area contributed by atoms with Gasteiger partial charge in [-0.2, -0.15) is 0 Å². The molecular weight excluding hydrogens is 254 g/mol. The number of carbonyl (C=O) groups is 1. The maximum absolute atomic E-state index is 11.2. The Morgan fingerprint density at radius 3 is 2.65 bits per heavy atom. The molecule has 1 fully saturated rings. The lowest BCUT2D eigenvalue weighted by Gasteiger charge is -2.26. The molecule has 1 aliphatic rings. The Labute approximate surface area is 120 Å². The molecule has 1 aromatic rings. The Hall–Kier alpha value is -1.65. The Balaban J connectivity index is 1.73. The Kier molecular flexibility index (Phi) is 5.32. The standard InChI is InChI=1S/C15H23N3O2/c1-11-3-5-12(6-4-11)9-10-16-14-8-7-13(17-18-14)15(19)20-2/h7-8,11-12H,3-6,9-10H2,1-2H3,(H,16,18). The second-order valence-corrected chi connectivity index (χ2v) is 5.64. The van der Waals surface area contributed by atoms with Crippen molar-refractivity contribution in [2.24, 2.45) is 11.8 Å². The average Bonchev–Trinajstić information content (AvgIpc) is 2.49. The minimum absolute atomic E-state index is 0.235. The lowest BCUT2D eigenvalue weighted by molar-refractivity contribution is 0.0593. The molecule has 0 aromatic carbocycles. The molecule has 1 aliphatic carbocycles. The smallest absolute Gasteiger partial charge is 0.358 e. The van der Waals surface area contributed by atoms with Gasteiger partial charge in [0.2, 0.25) is 0 Å². The predicted octanol–water partition coefficient (Wildman–Crippen LogP) is 2.89. The molecule has 110 valence electrons. The van der Waals surface area contributed by atoms with E-state index in [1.54, 1.807) is 12.1 Å².